The predicted molar refractivity (Wildman–Crippen MR) is 56.5 cm³/mol. The number of rotatable bonds is 5. The summed E-state index contributed by atoms with van der Waals surface area (Å²) in [6, 6.07) is 0. The number of ether oxygens (including phenoxy) is 1. The Hall–Kier alpha value is -0.300. The van der Waals surface area contributed by atoms with Gasteiger partial charge < -0.3 is 4.74 Å². The molecule has 0 fully saturated rings. The van der Waals surface area contributed by atoms with Crippen molar-refractivity contribution in [2.45, 2.75) is 47.0 Å². The van der Waals surface area contributed by atoms with Crippen LogP contribution in [0.4, 0.5) is 0 Å². The van der Waals surface area contributed by atoms with E-state index in [4.69, 9.17) is 4.74 Å². The monoisotopic (exact) mass is 172 g/mol. The maximum Gasteiger partial charge on any atom is 0.0437 e. The van der Waals surface area contributed by atoms with Gasteiger partial charge in [0.15, 0.2) is 0 Å². The minimum Gasteiger partial charge on any atom is -0.382 e. The Morgan fingerprint density at radius 3 is 1.92 bits per heavy atom. The first-order valence-electron chi connectivity index (χ1n) is 5.02. The molecule has 1 nitrogen and oxygen atoms in total. The van der Waals surface area contributed by atoms with Crippen molar-refractivity contribution in [3.05, 3.63) is 12.2 Å². The molecule has 0 rings (SSSR count). The van der Waals surface area contributed by atoms with E-state index in [-0.39, 0.29) is 0 Å². The Kier molecular flexibility index (Phi) is 20.1. The smallest absolute Gasteiger partial charge is 0.0437 e. The molecule has 0 aromatic rings. The van der Waals surface area contributed by atoms with Gasteiger partial charge in [-0.25, -0.2) is 0 Å². The van der Waals surface area contributed by atoms with Crippen LogP contribution in [0.25, 0.3) is 0 Å². The van der Waals surface area contributed by atoms with Gasteiger partial charge in [0, 0.05) is 13.2 Å². The Morgan fingerprint density at radius 2 is 1.67 bits per heavy atom. The highest BCUT2D eigenvalue weighted by molar-refractivity contribution is 4.75. The number of hydrogen-bond acceptors (Lipinski definition) is 1. The molecule has 0 unspecified atom stereocenters. The second kappa shape index (κ2) is 17.0. The molecular formula is C11H24O. The zero-order valence-electron chi connectivity index (χ0n) is 9.10. The molecule has 0 aromatic heterocycles. The zero-order chi connectivity index (χ0) is 9.66. The van der Waals surface area contributed by atoms with E-state index in [0.717, 1.165) is 13.2 Å². The van der Waals surface area contributed by atoms with Crippen molar-refractivity contribution in [2.24, 2.45) is 0 Å². The van der Waals surface area contributed by atoms with Crippen LogP contribution < -0.4 is 0 Å². The van der Waals surface area contributed by atoms with E-state index in [0.29, 0.717) is 0 Å². The first-order valence-corrected chi connectivity index (χ1v) is 5.02. The normalized spacial score (nSPS) is 9.67. The highest BCUT2D eigenvalue weighted by atomic mass is 16.5. The lowest BCUT2D eigenvalue weighted by atomic mass is 10.2. The van der Waals surface area contributed by atoms with Gasteiger partial charge in [0.05, 0.1) is 0 Å². The van der Waals surface area contributed by atoms with Crippen molar-refractivity contribution in [3.8, 4) is 0 Å². The number of allylic oxidation sites excluding steroid dienone is 2. The average Bonchev–Trinajstić information content (AvgIpc) is 2.08. The number of hydrogen-bond donors (Lipinski definition) is 0. The van der Waals surface area contributed by atoms with E-state index in [1.165, 1.54) is 19.3 Å². The fraction of sp³-hybridized carbons (Fsp3) is 0.818. The van der Waals surface area contributed by atoms with Gasteiger partial charge >= 0.3 is 0 Å². The van der Waals surface area contributed by atoms with Gasteiger partial charge in [-0.15, -0.1) is 0 Å². The van der Waals surface area contributed by atoms with E-state index < -0.39 is 0 Å². The Labute approximate surface area is 77.8 Å². The van der Waals surface area contributed by atoms with Crippen molar-refractivity contribution in [3.63, 3.8) is 0 Å². The van der Waals surface area contributed by atoms with Gasteiger partial charge in [-0.05, 0) is 27.2 Å². The molecule has 0 aliphatic carbocycles. The van der Waals surface area contributed by atoms with Gasteiger partial charge in [-0.3, -0.25) is 0 Å². The summed E-state index contributed by atoms with van der Waals surface area (Å²) >= 11 is 0. The zero-order valence-corrected chi connectivity index (χ0v) is 9.10. The van der Waals surface area contributed by atoms with Crippen molar-refractivity contribution in [2.75, 3.05) is 13.2 Å². The minimum atomic E-state index is 0.844. The van der Waals surface area contributed by atoms with Crippen LogP contribution in [0.5, 0.6) is 0 Å². The molecule has 0 amide bonds. The molecule has 0 saturated carbocycles. The van der Waals surface area contributed by atoms with Gasteiger partial charge in [0.25, 0.3) is 0 Å². The SMILES string of the molecule is CC=CCCCC.CCOCC. The fourth-order valence-corrected chi connectivity index (χ4v) is 0.693. The molecule has 1 heteroatoms. The van der Waals surface area contributed by atoms with E-state index >= 15 is 0 Å². The molecule has 0 N–H and O–H groups in total. The summed E-state index contributed by atoms with van der Waals surface area (Å²) in [7, 11) is 0. The topological polar surface area (TPSA) is 9.23 Å². The van der Waals surface area contributed by atoms with Crippen LogP contribution in [0.3, 0.4) is 0 Å². The summed E-state index contributed by atoms with van der Waals surface area (Å²) in [6.45, 7) is 9.94. The molecule has 0 aliphatic rings. The van der Waals surface area contributed by atoms with Crippen LogP contribution in [0.15, 0.2) is 12.2 Å². The van der Waals surface area contributed by atoms with Gasteiger partial charge in [-0.2, -0.15) is 0 Å². The second-order valence-corrected chi connectivity index (χ2v) is 2.49. The predicted octanol–water partition coefficient (Wildman–Crippen LogP) is 3.80. The molecule has 0 aromatic carbocycles. The lowest BCUT2D eigenvalue weighted by Crippen LogP contribution is -1.84. The standard InChI is InChI=1S/C7H14.C4H10O/c1-3-5-7-6-4-2;1-3-5-4-2/h3,5H,4,6-7H2,1-2H3;3-4H2,1-2H3. The summed E-state index contributed by atoms with van der Waals surface area (Å²) in [5.74, 6) is 0. The first kappa shape index (κ1) is 14.2. The van der Waals surface area contributed by atoms with E-state index in [9.17, 15) is 0 Å². The molecule has 0 radical (unpaired) electrons. The summed E-state index contributed by atoms with van der Waals surface area (Å²) < 4.78 is 4.83. The maximum atomic E-state index is 4.83. The van der Waals surface area contributed by atoms with Gasteiger partial charge in [-0.1, -0.05) is 31.9 Å². The molecule has 0 saturated heterocycles. The quantitative estimate of drug-likeness (QED) is 0.453. The summed E-state index contributed by atoms with van der Waals surface area (Å²) in [5.41, 5.74) is 0. The van der Waals surface area contributed by atoms with Crippen LogP contribution in [-0.4, -0.2) is 13.2 Å². The summed E-state index contributed by atoms with van der Waals surface area (Å²) in [5, 5.41) is 0. The molecule has 0 atom stereocenters. The summed E-state index contributed by atoms with van der Waals surface area (Å²) in [6.07, 6.45) is 8.22. The molecule has 0 aliphatic heterocycles. The third kappa shape index (κ3) is 22.6. The van der Waals surface area contributed by atoms with Crippen molar-refractivity contribution >= 4 is 0 Å². The van der Waals surface area contributed by atoms with Gasteiger partial charge in [0.2, 0.25) is 0 Å². The molecule has 12 heavy (non-hydrogen) atoms. The van der Waals surface area contributed by atoms with Crippen molar-refractivity contribution in [1.82, 2.24) is 0 Å². The lowest BCUT2D eigenvalue weighted by molar-refractivity contribution is 0.162. The molecular weight excluding hydrogens is 148 g/mol. The highest BCUT2D eigenvalue weighted by Crippen LogP contribution is 1.93. The maximum absolute atomic E-state index is 4.83. The highest BCUT2D eigenvalue weighted by Gasteiger charge is 1.73. The molecule has 74 valence electrons. The van der Waals surface area contributed by atoms with Crippen LogP contribution in [-0.2, 0) is 4.74 Å². The van der Waals surface area contributed by atoms with E-state index in [1.54, 1.807) is 0 Å². The average molecular weight is 172 g/mol. The summed E-state index contributed by atoms with van der Waals surface area (Å²) in [4.78, 5) is 0. The third-order valence-electron chi connectivity index (χ3n) is 1.37. The molecule has 0 spiro atoms. The van der Waals surface area contributed by atoms with Crippen LogP contribution in [0, 0.1) is 0 Å². The van der Waals surface area contributed by atoms with E-state index in [1.807, 2.05) is 13.8 Å². The molecule has 0 bridgehead atoms. The second-order valence-electron chi connectivity index (χ2n) is 2.49. The Morgan fingerprint density at radius 1 is 1.08 bits per heavy atom. The first-order chi connectivity index (χ1) is 5.83. The largest absolute Gasteiger partial charge is 0.382 e. The van der Waals surface area contributed by atoms with Crippen molar-refractivity contribution < 1.29 is 4.74 Å². The fourth-order valence-electron chi connectivity index (χ4n) is 0.693. The minimum absolute atomic E-state index is 0.844. The van der Waals surface area contributed by atoms with Gasteiger partial charge in [0.1, 0.15) is 0 Å². The third-order valence-corrected chi connectivity index (χ3v) is 1.37. The van der Waals surface area contributed by atoms with Crippen LogP contribution in [0.1, 0.15) is 47.0 Å². The van der Waals surface area contributed by atoms with Crippen molar-refractivity contribution in [1.29, 1.82) is 0 Å². The Bertz CT molecular complexity index is 75.1. The van der Waals surface area contributed by atoms with Crippen LogP contribution >= 0.6 is 0 Å². The number of unbranched alkanes of at least 4 members (excludes halogenated alkanes) is 2. The van der Waals surface area contributed by atoms with E-state index in [2.05, 4.69) is 26.0 Å². The Balaban J connectivity index is 0. The lowest BCUT2D eigenvalue weighted by Gasteiger charge is -1.86. The molecule has 0 heterocycles. The van der Waals surface area contributed by atoms with Crippen LogP contribution in [0.2, 0.25) is 0 Å².